The molecule has 1 aromatic rings. The lowest BCUT2D eigenvalue weighted by Crippen LogP contribution is -2.45. The molecule has 1 atom stereocenters. The SMILES string of the molecule is CCOc1ccc(S(=O)(=O)NCC2CNCCO2)cc1C. The van der Waals surface area contributed by atoms with E-state index in [1.807, 2.05) is 13.8 Å². The molecular weight excluding hydrogens is 292 g/mol. The fraction of sp³-hybridized carbons (Fsp3) is 0.571. The van der Waals surface area contributed by atoms with E-state index >= 15 is 0 Å². The van der Waals surface area contributed by atoms with Crippen molar-refractivity contribution in [3.05, 3.63) is 23.8 Å². The standard InChI is InChI=1S/C14H22N2O4S/c1-3-19-14-5-4-13(8-11(14)2)21(17,18)16-10-12-9-15-6-7-20-12/h4-5,8,12,15-16H,3,6-7,9-10H2,1-2H3. The molecule has 0 aromatic heterocycles. The second-order valence-electron chi connectivity index (χ2n) is 4.91. The van der Waals surface area contributed by atoms with Gasteiger partial charge in [-0.05, 0) is 37.6 Å². The number of benzene rings is 1. The van der Waals surface area contributed by atoms with E-state index in [1.54, 1.807) is 18.2 Å². The smallest absolute Gasteiger partial charge is 0.240 e. The van der Waals surface area contributed by atoms with Gasteiger partial charge in [0.15, 0.2) is 0 Å². The molecule has 1 aliphatic rings. The number of aryl methyl sites for hydroxylation is 1. The van der Waals surface area contributed by atoms with Crippen LogP contribution in [0.1, 0.15) is 12.5 Å². The van der Waals surface area contributed by atoms with Gasteiger partial charge < -0.3 is 14.8 Å². The minimum atomic E-state index is -3.53. The van der Waals surface area contributed by atoms with E-state index in [0.717, 1.165) is 12.1 Å². The Morgan fingerprint density at radius 3 is 2.90 bits per heavy atom. The number of nitrogens with one attached hydrogen (secondary N) is 2. The van der Waals surface area contributed by atoms with Gasteiger partial charge in [0.05, 0.1) is 24.2 Å². The Labute approximate surface area is 125 Å². The van der Waals surface area contributed by atoms with Crippen molar-refractivity contribution in [2.45, 2.75) is 24.8 Å². The van der Waals surface area contributed by atoms with Gasteiger partial charge in [0.2, 0.25) is 10.0 Å². The van der Waals surface area contributed by atoms with Gasteiger partial charge in [0.1, 0.15) is 5.75 Å². The van der Waals surface area contributed by atoms with Crippen LogP contribution in [0, 0.1) is 6.92 Å². The third kappa shape index (κ3) is 4.41. The lowest BCUT2D eigenvalue weighted by molar-refractivity contribution is 0.0324. The van der Waals surface area contributed by atoms with Crippen LogP contribution >= 0.6 is 0 Å². The van der Waals surface area contributed by atoms with Crippen molar-refractivity contribution in [2.75, 3.05) is 32.8 Å². The molecule has 2 rings (SSSR count). The molecule has 118 valence electrons. The molecule has 1 aliphatic heterocycles. The number of rotatable bonds is 6. The Bertz CT molecular complexity index is 568. The molecule has 1 heterocycles. The molecule has 1 fully saturated rings. The minimum absolute atomic E-state index is 0.127. The monoisotopic (exact) mass is 314 g/mol. The molecule has 6 nitrogen and oxygen atoms in total. The van der Waals surface area contributed by atoms with Crippen LogP contribution in [0.2, 0.25) is 0 Å². The van der Waals surface area contributed by atoms with Crippen LogP contribution in [0.15, 0.2) is 23.1 Å². The molecule has 1 aromatic carbocycles. The van der Waals surface area contributed by atoms with Crippen molar-refractivity contribution in [1.82, 2.24) is 10.0 Å². The van der Waals surface area contributed by atoms with E-state index in [9.17, 15) is 8.42 Å². The lowest BCUT2D eigenvalue weighted by Gasteiger charge is -2.23. The summed E-state index contributed by atoms with van der Waals surface area (Å²) in [5.74, 6) is 0.705. The quantitative estimate of drug-likeness (QED) is 0.807. The van der Waals surface area contributed by atoms with Gasteiger partial charge in [-0.3, -0.25) is 0 Å². The summed E-state index contributed by atoms with van der Waals surface area (Å²) >= 11 is 0. The third-order valence-corrected chi connectivity index (χ3v) is 4.68. The molecule has 1 saturated heterocycles. The summed E-state index contributed by atoms with van der Waals surface area (Å²) in [6.45, 7) is 6.61. The Balaban J connectivity index is 2.03. The summed E-state index contributed by atoms with van der Waals surface area (Å²) in [6.07, 6.45) is -0.127. The number of morpholine rings is 1. The van der Waals surface area contributed by atoms with Crippen LogP contribution in [-0.4, -0.2) is 47.4 Å². The van der Waals surface area contributed by atoms with Crippen LogP contribution in [0.5, 0.6) is 5.75 Å². The highest BCUT2D eigenvalue weighted by atomic mass is 32.2. The van der Waals surface area contributed by atoms with E-state index < -0.39 is 10.0 Å². The second-order valence-corrected chi connectivity index (χ2v) is 6.68. The fourth-order valence-corrected chi connectivity index (χ4v) is 3.29. The molecule has 1 unspecified atom stereocenters. The van der Waals surface area contributed by atoms with Gasteiger partial charge in [-0.15, -0.1) is 0 Å². The molecule has 21 heavy (non-hydrogen) atoms. The molecule has 7 heteroatoms. The first-order valence-corrected chi connectivity index (χ1v) is 8.56. The Kier molecular flexibility index (Phi) is 5.58. The maximum atomic E-state index is 12.3. The zero-order valence-electron chi connectivity index (χ0n) is 12.4. The molecule has 0 amide bonds. The first kappa shape index (κ1) is 16.2. The number of sulfonamides is 1. The van der Waals surface area contributed by atoms with Crippen molar-refractivity contribution < 1.29 is 17.9 Å². The highest BCUT2D eigenvalue weighted by Gasteiger charge is 2.19. The van der Waals surface area contributed by atoms with Crippen LogP contribution < -0.4 is 14.8 Å². The first-order valence-electron chi connectivity index (χ1n) is 7.08. The largest absolute Gasteiger partial charge is 0.494 e. The Morgan fingerprint density at radius 2 is 2.29 bits per heavy atom. The van der Waals surface area contributed by atoms with Crippen LogP contribution in [0.25, 0.3) is 0 Å². The highest BCUT2D eigenvalue weighted by Crippen LogP contribution is 2.21. The summed E-state index contributed by atoms with van der Waals surface area (Å²) in [7, 11) is -3.53. The van der Waals surface area contributed by atoms with Gasteiger partial charge in [-0.2, -0.15) is 0 Å². The molecule has 0 bridgehead atoms. The molecule has 0 saturated carbocycles. The van der Waals surface area contributed by atoms with Gasteiger partial charge in [0, 0.05) is 19.6 Å². The molecular formula is C14H22N2O4S. The van der Waals surface area contributed by atoms with Crippen LogP contribution in [0.4, 0.5) is 0 Å². The summed E-state index contributed by atoms with van der Waals surface area (Å²) in [6, 6.07) is 4.86. The minimum Gasteiger partial charge on any atom is -0.494 e. The number of hydrogen-bond acceptors (Lipinski definition) is 5. The van der Waals surface area contributed by atoms with E-state index in [0.29, 0.717) is 25.5 Å². The number of hydrogen-bond donors (Lipinski definition) is 2. The number of ether oxygens (including phenoxy) is 2. The highest BCUT2D eigenvalue weighted by molar-refractivity contribution is 7.89. The average Bonchev–Trinajstić information content (AvgIpc) is 2.48. The molecule has 0 spiro atoms. The molecule has 2 N–H and O–H groups in total. The van der Waals surface area contributed by atoms with Gasteiger partial charge in [-0.25, -0.2) is 13.1 Å². The third-order valence-electron chi connectivity index (χ3n) is 3.26. The lowest BCUT2D eigenvalue weighted by atomic mass is 10.2. The second kappa shape index (κ2) is 7.22. The van der Waals surface area contributed by atoms with E-state index in [2.05, 4.69) is 10.0 Å². The van der Waals surface area contributed by atoms with E-state index in [1.165, 1.54) is 0 Å². The summed E-state index contributed by atoms with van der Waals surface area (Å²) in [4.78, 5) is 0.243. The maximum Gasteiger partial charge on any atom is 0.240 e. The van der Waals surface area contributed by atoms with Crippen molar-refractivity contribution in [2.24, 2.45) is 0 Å². The van der Waals surface area contributed by atoms with E-state index in [4.69, 9.17) is 9.47 Å². The summed E-state index contributed by atoms with van der Waals surface area (Å²) in [5.41, 5.74) is 0.801. The molecule has 0 radical (unpaired) electrons. The van der Waals surface area contributed by atoms with Crippen molar-refractivity contribution >= 4 is 10.0 Å². The average molecular weight is 314 g/mol. The first-order chi connectivity index (χ1) is 10.0. The van der Waals surface area contributed by atoms with Gasteiger partial charge >= 0.3 is 0 Å². The predicted molar refractivity (Wildman–Crippen MR) is 80.1 cm³/mol. The zero-order chi connectivity index (χ0) is 15.3. The van der Waals surface area contributed by atoms with Gasteiger partial charge in [-0.1, -0.05) is 0 Å². The Hall–Kier alpha value is -1.15. The van der Waals surface area contributed by atoms with Crippen LogP contribution in [0.3, 0.4) is 0 Å². The van der Waals surface area contributed by atoms with Crippen molar-refractivity contribution in [3.63, 3.8) is 0 Å². The summed E-state index contributed by atoms with van der Waals surface area (Å²) in [5, 5.41) is 3.17. The zero-order valence-corrected chi connectivity index (χ0v) is 13.2. The molecule has 0 aliphatic carbocycles. The van der Waals surface area contributed by atoms with E-state index in [-0.39, 0.29) is 17.5 Å². The Morgan fingerprint density at radius 1 is 1.48 bits per heavy atom. The van der Waals surface area contributed by atoms with Gasteiger partial charge in [0.25, 0.3) is 0 Å². The normalized spacial score (nSPS) is 19.4. The topological polar surface area (TPSA) is 76.7 Å². The van der Waals surface area contributed by atoms with Crippen molar-refractivity contribution in [1.29, 1.82) is 0 Å². The van der Waals surface area contributed by atoms with Crippen molar-refractivity contribution in [3.8, 4) is 5.75 Å². The van der Waals surface area contributed by atoms with Crippen LogP contribution in [-0.2, 0) is 14.8 Å². The summed E-state index contributed by atoms with van der Waals surface area (Å²) < 4.78 is 38.0. The predicted octanol–water partition coefficient (Wildman–Crippen LogP) is 0.660. The fourth-order valence-electron chi connectivity index (χ4n) is 2.14. The maximum absolute atomic E-state index is 12.3.